The van der Waals surface area contributed by atoms with Gasteiger partial charge in [0.25, 0.3) is 0 Å². The standard InChI is InChI=1S/C15H20ClNO2/c1-15(2)9-3-4-13(15)17(10-14(18)19)12-7-5-11(16)6-8-12/h5-8,13H,3-4,9-10H2,1-2H3,(H,18,19). The minimum absolute atomic E-state index is 0.0374. The van der Waals surface area contributed by atoms with Crippen molar-refractivity contribution in [2.45, 2.75) is 39.2 Å². The summed E-state index contributed by atoms with van der Waals surface area (Å²) in [5.74, 6) is -0.794. The normalized spacial score (nSPS) is 21.3. The van der Waals surface area contributed by atoms with Gasteiger partial charge in [-0.15, -0.1) is 0 Å². The highest BCUT2D eigenvalue weighted by Gasteiger charge is 2.39. The summed E-state index contributed by atoms with van der Waals surface area (Å²) < 4.78 is 0. The molecule has 0 aromatic heterocycles. The van der Waals surface area contributed by atoms with Gasteiger partial charge in [-0.1, -0.05) is 31.9 Å². The summed E-state index contributed by atoms with van der Waals surface area (Å²) in [7, 11) is 0. The first-order valence-corrected chi connectivity index (χ1v) is 7.02. The summed E-state index contributed by atoms with van der Waals surface area (Å²) in [5.41, 5.74) is 1.08. The van der Waals surface area contributed by atoms with Crippen molar-refractivity contribution in [2.75, 3.05) is 11.4 Å². The lowest BCUT2D eigenvalue weighted by Gasteiger charge is -2.38. The predicted octanol–water partition coefficient (Wildman–Crippen LogP) is 3.81. The lowest BCUT2D eigenvalue weighted by Crippen LogP contribution is -2.44. The van der Waals surface area contributed by atoms with Crippen LogP contribution in [0.5, 0.6) is 0 Å². The molecule has 1 saturated carbocycles. The molecule has 1 N–H and O–H groups in total. The van der Waals surface area contributed by atoms with Gasteiger partial charge >= 0.3 is 5.97 Å². The van der Waals surface area contributed by atoms with Crippen molar-refractivity contribution in [3.63, 3.8) is 0 Å². The average Bonchev–Trinajstić information content (AvgIpc) is 2.67. The Morgan fingerprint density at radius 3 is 2.53 bits per heavy atom. The molecule has 0 spiro atoms. The van der Waals surface area contributed by atoms with E-state index in [1.165, 1.54) is 0 Å². The largest absolute Gasteiger partial charge is 0.480 e. The summed E-state index contributed by atoms with van der Waals surface area (Å²) in [4.78, 5) is 13.2. The Kier molecular flexibility index (Phi) is 4.04. The zero-order valence-electron chi connectivity index (χ0n) is 11.4. The number of hydrogen-bond donors (Lipinski definition) is 1. The number of aliphatic carboxylic acids is 1. The molecule has 1 aliphatic rings. The number of hydrogen-bond acceptors (Lipinski definition) is 2. The number of carboxylic acid groups (broad SMARTS) is 1. The van der Waals surface area contributed by atoms with Crippen LogP contribution in [0, 0.1) is 5.41 Å². The fraction of sp³-hybridized carbons (Fsp3) is 0.533. The third kappa shape index (κ3) is 3.21. The molecule has 3 nitrogen and oxygen atoms in total. The van der Waals surface area contributed by atoms with Gasteiger partial charge in [-0.05, 0) is 42.5 Å². The van der Waals surface area contributed by atoms with Crippen LogP contribution in [0.15, 0.2) is 24.3 Å². The molecule has 0 radical (unpaired) electrons. The number of rotatable bonds is 4. The van der Waals surface area contributed by atoms with Crippen LogP contribution in [-0.4, -0.2) is 23.7 Å². The second kappa shape index (κ2) is 5.41. The fourth-order valence-electron chi connectivity index (χ4n) is 3.05. The van der Waals surface area contributed by atoms with Crippen LogP contribution in [0.25, 0.3) is 0 Å². The summed E-state index contributed by atoms with van der Waals surface area (Å²) >= 11 is 5.90. The van der Waals surface area contributed by atoms with E-state index in [2.05, 4.69) is 13.8 Å². The Bertz CT molecular complexity index is 456. The highest BCUT2D eigenvalue weighted by atomic mass is 35.5. The lowest BCUT2D eigenvalue weighted by molar-refractivity contribution is -0.135. The molecule has 4 heteroatoms. The molecule has 0 aliphatic heterocycles. The molecule has 1 aromatic rings. The van der Waals surface area contributed by atoms with E-state index in [4.69, 9.17) is 16.7 Å². The maximum Gasteiger partial charge on any atom is 0.323 e. The van der Waals surface area contributed by atoms with E-state index >= 15 is 0 Å². The molecule has 19 heavy (non-hydrogen) atoms. The summed E-state index contributed by atoms with van der Waals surface area (Å²) in [5, 5.41) is 9.83. The minimum atomic E-state index is -0.794. The van der Waals surface area contributed by atoms with Crippen LogP contribution in [0.2, 0.25) is 5.02 Å². The maximum atomic E-state index is 11.1. The third-order valence-corrected chi connectivity index (χ3v) is 4.29. The second-order valence-corrected chi connectivity index (χ2v) is 6.33. The average molecular weight is 282 g/mol. The molecule has 0 saturated heterocycles. The Morgan fingerprint density at radius 2 is 2.05 bits per heavy atom. The van der Waals surface area contributed by atoms with E-state index < -0.39 is 5.97 Å². The van der Waals surface area contributed by atoms with Crippen LogP contribution in [-0.2, 0) is 4.79 Å². The van der Waals surface area contributed by atoms with Gasteiger partial charge in [-0.25, -0.2) is 0 Å². The van der Waals surface area contributed by atoms with Crippen LogP contribution in [0.1, 0.15) is 33.1 Å². The summed E-state index contributed by atoms with van der Waals surface area (Å²) in [6.07, 6.45) is 3.34. The smallest absolute Gasteiger partial charge is 0.323 e. The number of carbonyl (C=O) groups is 1. The zero-order chi connectivity index (χ0) is 14.0. The second-order valence-electron chi connectivity index (χ2n) is 5.89. The van der Waals surface area contributed by atoms with Gasteiger partial charge in [0, 0.05) is 16.8 Å². The van der Waals surface area contributed by atoms with Crippen molar-refractivity contribution in [1.29, 1.82) is 0 Å². The molecular formula is C15H20ClNO2. The molecule has 0 bridgehead atoms. The quantitative estimate of drug-likeness (QED) is 0.912. The molecule has 0 heterocycles. The monoisotopic (exact) mass is 281 g/mol. The van der Waals surface area contributed by atoms with Gasteiger partial charge in [0.15, 0.2) is 0 Å². The predicted molar refractivity (Wildman–Crippen MR) is 77.9 cm³/mol. The van der Waals surface area contributed by atoms with Crippen LogP contribution < -0.4 is 4.90 Å². The number of halogens is 1. The Hall–Kier alpha value is -1.22. The molecule has 1 aromatic carbocycles. The van der Waals surface area contributed by atoms with Crippen LogP contribution in [0.4, 0.5) is 5.69 Å². The van der Waals surface area contributed by atoms with E-state index in [0.717, 1.165) is 24.9 Å². The lowest BCUT2D eigenvalue weighted by atomic mass is 9.86. The van der Waals surface area contributed by atoms with Crippen molar-refractivity contribution in [1.82, 2.24) is 0 Å². The summed E-state index contributed by atoms with van der Waals surface area (Å²) in [6.45, 7) is 4.47. The highest BCUT2D eigenvalue weighted by molar-refractivity contribution is 6.30. The number of carboxylic acids is 1. The molecular weight excluding hydrogens is 262 g/mol. The van der Waals surface area contributed by atoms with Crippen LogP contribution in [0.3, 0.4) is 0 Å². The van der Waals surface area contributed by atoms with Crippen molar-refractivity contribution >= 4 is 23.3 Å². The zero-order valence-corrected chi connectivity index (χ0v) is 12.2. The van der Waals surface area contributed by atoms with Gasteiger partial charge < -0.3 is 10.0 Å². The first-order chi connectivity index (χ1) is 8.90. The molecule has 1 aliphatic carbocycles. The molecule has 1 fully saturated rings. The molecule has 1 atom stereocenters. The van der Waals surface area contributed by atoms with E-state index in [1.807, 2.05) is 29.2 Å². The topological polar surface area (TPSA) is 40.5 Å². The first-order valence-electron chi connectivity index (χ1n) is 6.64. The van der Waals surface area contributed by atoms with Gasteiger partial charge in [0.2, 0.25) is 0 Å². The van der Waals surface area contributed by atoms with Gasteiger partial charge in [0.05, 0.1) is 0 Å². The van der Waals surface area contributed by atoms with Crippen molar-refractivity contribution in [3.05, 3.63) is 29.3 Å². The number of benzene rings is 1. The highest BCUT2D eigenvalue weighted by Crippen LogP contribution is 2.42. The number of nitrogens with zero attached hydrogens (tertiary/aromatic N) is 1. The fourth-order valence-corrected chi connectivity index (χ4v) is 3.17. The SMILES string of the molecule is CC1(C)CCCC1N(CC(=O)O)c1ccc(Cl)cc1. The van der Waals surface area contributed by atoms with E-state index in [9.17, 15) is 4.79 Å². The minimum Gasteiger partial charge on any atom is -0.480 e. The maximum absolute atomic E-state index is 11.1. The molecule has 104 valence electrons. The Labute approximate surface area is 119 Å². The van der Waals surface area contributed by atoms with Gasteiger partial charge in [-0.3, -0.25) is 4.79 Å². The van der Waals surface area contributed by atoms with E-state index in [0.29, 0.717) is 5.02 Å². The van der Waals surface area contributed by atoms with Crippen molar-refractivity contribution in [3.8, 4) is 0 Å². The van der Waals surface area contributed by atoms with Gasteiger partial charge in [-0.2, -0.15) is 0 Å². The van der Waals surface area contributed by atoms with Gasteiger partial charge in [0.1, 0.15) is 6.54 Å². The third-order valence-electron chi connectivity index (χ3n) is 4.04. The van der Waals surface area contributed by atoms with E-state index in [1.54, 1.807) is 0 Å². The van der Waals surface area contributed by atoms with E-state index in [-0.39, 0.29) is 18.0 Å². The van der Waals surface area contributed by atoms with Crippen LogP contribution >= 0.6 is 11.6 Å². The Morgan fingerprint density at radius 1 is 1.42 bits per heavy atom. The van der Waals surface area contributed by atoms with Crippen molar-refractivity contribution < 1.29 is 9.90 Å². The molecule has 1 unspecified atom stereocenters. The Balaban J connectivity index is 2.30. The first kappa shape index (κ1) is 14.2. The molecule has 0 amide bonds. The summed E-state index contributed by atoms with van der Waals surface area (Å²) in [6, 6.07) is 7.70. The molecule has 2 rings (SSSR count). The van der Waals surface area contributed by atoms with Crippen molar-refractivity contribution in [2.24, 2.45) is 5.41 Å². The number of anilines is 1.